The van der Waals surface area contributed by atoms with Gasteiger partial charge in [0.05, 0.1) is 6.54 Å². The number of nitrogens with zero attached hydrogens (tertiary/aromatic N) is 1. The Labute approximate surface area is 181 Å². The first-order valence-corrected chi connectivity index (χ1v) is 9.94. The topological polar surface area (TPSA) is 77.8 Å². The van der Waals surface area contributed by atoms with Crippen LogP contribution in [0.15, 0.2) is 71.5 Å². The number of benzene rings is 3. The highest BCUT2D eigenvalue weighted by molar-refractivity contribution is 6.31. The summed E-state index contributed by atoms with van der Waals surface area (Å²) < 4.78 is 12.0. The van der Waals surface area contributed by atoms with E-state index in [0.29, 0.717) is 38.4 Å². The standard InChI is InChI=1S/C24H16ClNO5/c25-16-7-8-17-18(11-16)21(15-4-2-1-3-5-15)22(24(28)29)26(23(17)27)12-14-6-9-19-20(10-14)31-13-30-19/h1-11H,12-13H2,(H,28,29). The zero-order chi connectivity index (χ0) is 21.5. The number of pyridine rings is 1. The van der Waals surface area contributed by atoms with Crippen molar-refractivity contribution in [3.8, 4) is 22.6 Å². The summed E-state index contributed by atoms with van der Waals surface area (Å²) in [5, 5.41) is 11.5. The lowest BCUT2D eigenvalue weighted by molar-refractivity contribution is 0.0685. The molecule has 0 amide bonds. The van der Waals surface area contributed by atoms with Gasteiger partial charge in [-0.3, -0.25) is 9.36 Å². The summed E-state index contributed by atoms with van der Waals surface area (Å²) in [6.07, 6.45) is 0. The van der Waals surface area contributed by atoms with Crippen molar-refractivity contribution in [3.05, 3.63) is 93.4 Å². The predicted octanol–water partition coefficient (Wildman–Crippen LogP) is 4.80. The lowest BCUT2D eigenvalue weighted by Gasteiger charge is -2.18. The van der Waals surface area contributed by atoms with Crippen molar-refractivity contribution in [2.24, 2.45) is 0 Å². The fourth-order valence-corrected chi connectivity index (χ4v) is 4.08. The Balaban J connectivity index is 1.81. The summed E-state index contributed by atoms with van der Waals surface area (Å²) in [6.45, 7) is 0.198. The third-order valence-electron chi connectivity index (χ3n) is 5.28. The van der Waals surface area contributed by atoms with Gasteiger partial charge in [-0.1, -0.05) is 48.0 Å². The van der Waals surface area contributed by atoms with Gasteiger partial charge in [-0.2, -0.15) is 0 Å². The van der Waals surface area contributed by atoms with E-state index in [4.69, 9.17) is 21.1 Å². The first-order chi connectivity index (χ1) is 15.0. The fourth-order valence-electron chi connectivity index (χ4n) is 3.91. The SMILES string of the molecule is O=C(O)c1c(-c2ccccc2)c2cc(Cl)ccc2c(=O)n1Cc1ccc2c(c1)OCO2. The van der Waals surface area contributed by atoms with Gasteiger partial charge in [-0.25, -0.2) is 4.79 Å². The maximum atomic E-state index is 13.4. The van der Waals surface area contributed by atoms with Gasteiger partial charge < -0.3 is 14.6 Å². The molecule has 1 aromatic heterocycles. The highest BCUT2D eigenvalue weighted by Gasteiger charge is 2.24. The van der Waals surface area contributed by atoms with Crippen molar-refractivity contribution < 1.29 is 19.4 Å². The number of hydrogen-bond acceptors (Lipinski definition) is 4. The number of ether oxygens (including phenoxy) is 2. The molecule has 0 atom stereocenters. The van der Waals surface area contributed by atoms with Crippen LogP contribution < -0.4 is 15.0 Å². The molecule has 1 N–H and O–H groups in total. The maximum Gasteiger partial charge on any atom is 0.353 e. The highest BCUT2D eigenvalue weighted by atomic mass is 35.5. The molecule has 31 heavy (non-hydrogen) atoms. The molecule has 0 unspecified atom stereocenters. The number of carboxylic acid groups (broad SMARTS) is 1. The second-order valence-corrected chi connectivity index (χ2v) is 7.60. The molecule has 3 aromatic carbocycles. The summed E-state index contributed by atoms with van der Waals surface area (Å²) in [6, 6.07) is 19.3. The highest BCUT2D eigenvalue weighted by Crippen LogP contribution is 2.35. The van der Waals surface area contributed by atoms with Crippen LogP contribution in [0.5, 0.6) is 11.5 Å². The average molecular weight is 434 g/mol. The quantitative estimate of drug-likeness (QED) is 0.500. The van der Waals surface area contributed by atoms with Crippen LogP contribution in [0.25, 0.3) is 21.9 Å². The zero-order valence-electron chi connectivity index (χ0n) is 16.2. The number of hydrogen-bond donors (Lipinski definition) is 1. The molecule has 7 heteroatoms. The van der Waals surface area contributed by atoms with Crippen molar-refractivity contribution in [1.82, 2.24) is 4.57 Å². The number of aromatic carboxylic acids is 1. The summed E-state index contributed by atoms with van der Waals surface area (Å²) in [4.78, 5) is 25.8. The van der Waals surface area contributed by atoms with Crippen LogP contribution in [0.4, 0.5) is 0 Å². The van der Waals surface area contributed by atoms with Crippen molar-refractivity contribution >= 4 is 28.3 Å². The van der Waals surface area contributed by atoms with E-state index in [9.17, 15) is 14.7 Å². The van der Waals surface area contributed by atoms with E-state index < -0.39 is 11.5 Å². The Morgan fingerprint density at radius 3 is 2.52 bits per heavy atom. The van der Waals surface area contributed by atoms with Gasteiger partial charge >= 0.3 is 5.97 Å². The third kappa shape index (κ3) is 3.31. The Kier molecular flexibility index (Phi) is 4.64. The van der Waals surface area contributed by atoms with Gasteiger partial charge in [0.2, 0.25) is 6.79 Å². The molecule has 0 saturated carbocycles. The molecule has 6 nitrogen and oxygen atoms in total. The lowest BCUT2D eigenvalue weighted by Crippen LogP contribution is -2.28. The van der Waals surface area contributed by atoms with Crippen LogP contribution in [0.1, 0.15) is 16.1 Å². The van der Waals surface area contributed by atoms with Crippen LogP contribution in [-0.4, -0.2) is 22.4 Å². The van der Waals surface area contributed by atoms with Gasteiger partial charge in [0, 0.05) is 16.0 Å². The Bertz CT molecular complexity index is 1400. The van der Waals surface area contributed by atoms with Gasteiger partial charge in [0.15, 0.2) is 11.5 Å². The van der Waals surface area contributed by atoms with E-state index in [2.05, 4.69) is 0 Å². The van der Waals surface area contributed by atoms with Gasteiger partial charge in [0.25, 0.3) is 5.56 Å². The molecule has 154 valence electrons. The van der Waals surface area contributed by atoms with Gasteiger partial charge in [0.1, 0.15) is 5.69 Å². The summed E-state index contributed by atoms with van der Waals surface area (Å²) in [7, 11) is 0. The molecule has 0 saturated heterocycles. The Hall–Kier alpha value is -3.77. The van der Waals surface area contributed by atoms with E-state index in [-0.39, 0.29) is 19.0 Å². The number of carboxylic acids is 1. The van der Waals surface area contributed by atoms with Crippen LogP contribution >= 0.6 is 11.6 Å². The van der Waals surface area contributed by atoms with Crippen LogP contribution in [0.3, 0.4) is 0 Å². The molecule has 0 bridgehead atoms. The van der Waals surface area contributed by atoms with Crippen molar-refractivity contribution in [3.63, 3.8) is 0 Å². The van der Waals surface area contributed by atoms with Gasteiger partial charge in [-0.15, -0.1) is 0 Å². The molecule has 5 rings (SSSR count). The van der Waals surface area contributed by atoms with Crippen molar-refractivity contribution in [2.75, 3.05) is 6.79 Å². The zero-order valence-corrected chi connectivity index (χ0v) is 16.9. The minimum absolute atomic E-state index is 0.0650. The molecule has 2 heterocycles. The monoisotopic (exact) mass is 433 g/mol. The van der Waals surface area contributed by atoms with Crippen LogP contribution in [0, 0.1) is 0 Å². The Morgan fingerprint density at radius 1 is 0.968 bits per heavy atom. The molecular formula is C24H16ClNO5. The maximum absolute atomic E-state index is 13.4. The molecule has 0 aliphatic carbocycles. The summed E-state index contributed by atoms with van der Waals surface area (Å²) >= 11 is 6.20. The molecule has 4 aromatic rings. The number of halogens is 1. The second kappa shape index (κ2) is 7.49. The number of fused-ring (bicyclic) bond motifs is 2. The smallest absolute Gasteiger partial charge is 0.353 e. The van der Waals surface area contributed by atoms with E-state index in [1.54, 1.807) is 36.4 Å². The molecular weight excluding hydrogens is 418 g/mol. The lowest BCUT2D eigenvalue weighted by atomic mass is 9.96. The van der Waals surface area contributed by atoms with E-state index in [0.717, 1.165) is 5.56 Å². The first-order valence-electron chi connectivity index (χ1n) is 9.56. The second-order valence-electron chi connectivity index (χ2n) is 7.16. The fraction of sp³-hybridized carbons (Fsp3) is 0.0833. The summed E-state index contributed by atoms with van der Waals surface area (Å²) in [5.41, 5.74) is 1.36. The average Bonchev–Trinajstić information content (AvgIpc) is 3.23. The molecule has 0 fully saturated rings. The van der Waals surface area contributed by atoms with Crippen LogP contribution in [0.2, 0.25) is 5.02 Å². The molecule has 1 aliphatic heterocycles. The minimum Gasteiger partial charge on any atom is -0.477 e. The van der Waals surface area contributed by atoms with Crippen LogP contribution in [-0.2, 0) is 6.54 Å². The first kappa shape index (κ1) is 19.2. The van der Waals surface area contributed by atoms with Crippen molar-refractivity contribution in [1.29, 1.82) is 0 Å². The predicted molar refractivity (Wildman–Crippen MR) is 117 cm³/mol. The number of carbonyl (C=O) groups is 1. The third-order valence-corrected chi connectivity index (χ3v) is 5.51. The molecule has 0 radical (unpaired) electrons. The largest absolute Gasteiger partial charge is 0.477 e. The van der Waals surface area contributed by atoms with E-state index >= 15 is 0 Å². The van der Waals surface area contributed by atoms with E-state index in [1.165, 1.54) is 4.57 Å². The molecule has 0 spiro atoms. The number of rotatable bonds is 4. The Morgan fingerprint density at radius 2 is 1.74 bits per heavy atom. The molecule has 1 aliphatic rings. The normalized spacial score (nSPS) is 12.3. The van der Waals surface area contributed by atoms with E-state index in [1.807, 2.05) is 30.3 Å². The van der Waals surface area contributed by atoms with Crippen molar-refractivity contribution in [2.45, 2.75) is 6.54 Å². The number of aromatic nitrogens is 1. The minimum atomic E-state index is -1.20. The van der Waals surface area contributed by atoms with Gasteiger partial charge in [-0.05, 0) is 46.8 Å². The summed E-state index contributed by atoms with van der Waals surface area (Å²) in [5.74, 6) is -0.00969.